The molecule has 0 amide bonds. The molecule has 2 N–H and O–H groups in total. The maximum Gasteiger partial charge on any atom is 0.160 e. The van der Waals surface area contributed by atoms with Crippen LogP contribution in [0.1, 0.15) is 11.1 Å². The summed E-state index contributed by atoms with van der Waals surface area (Å²) in [4.78, 5) is 4.62. The third-order valence-corrected chi connectivity index (χ3v) is 3.25. The summed E-state index contributed by atoms with van der Waals surface area (Å²) in [5, 5.41) is 6.22. The molecule has 0 aliphatic heterocycles. The van der Waals surface area contributed by atoms with E-state index >= 15 is 0 Å². The number of nitrogen functional groups attached to an aromatic ring is 1. The first-order valence-corrected chi connectivity index (χ1v) is 5.56. The van der Waals surface area contributed by atoms with Gasteiger partial charge in [-0.2, -0.15) is 5.10 Å². The van der Waals surface area contributed by atoms with Crippen LogP contribution in [0.2, 0.25) is 0 Å². The van der Waals surface area contributed by atoms with Gasteiger partial charge in [0.1, 0.15) is 0 Å². The second-order valence-corrected chi connectivity index (χ2v) is 4.50. The number of rotatable bonds is 0. The van der Waals surface area contributed by atoms with Gasteiger partial charge in [-0.15, -0.1) is 0 Å². The summed E-state index contributed by atoms with van der Waals surface area (Å²) in [6.07, 6.45) is 0. The van der Waals surface area contributed by atoms with Crippen molar-refractivity contribution in [3.63, 3.8) is 0 Å². The number of nitrogens with two attached hydrogens (primary N) is 1. The van der Waals surface area contributed by atoms with Crippen molar-refractivity contribution in [2.24, 2.45) is 7.05 Å². The molecule has 0 aliphatic rings. The van der Waals surface area contributed by atoms with E-state index in [1.165, 1.54) is 11.1 Å². The van der Waals surface area contributed by atoms with Crippen LogP contribution in [0.3, 0.4) is 0 Å². The third-order valence-electron chi connectivity index (χ3n) is 3.25. The number of aryl methyl sites for hydroxylation is 3. The van der Waals surface area contributed by atoms with E-state index in [1.54, 1.807) is 4.68 Å². The quantitative estimate of drug-likeness (QED) is 0.640. The van der Waals surface area contributed by atoms with E-state index in [0.717, 1.165) is 21.9 Å². The zero-order valence-electron chi connectivity index (χ0n) is 10.2. The minimum absolute atomic E-state index is 0.537. The Bertz CT molecular complexity index is 679. The first-order chi connectivity index (χ1) is 8.06. The molecule has 2 aromatic heterocycles. The smallest absolute Gasteiger partial charge is 0.160 e. The van der Waals surface area contributed by atoms with Crippen molar-refractivity contribution >= 4 is 27.8 Å². The summed E-state index contributed by atoms with van der Waals surface area (Å²) in [6.45, 7) is 4.20. The van der Waals surface area contributed by atoms with E-state index < -0.39 is 0 Å². The molecule has 0 saturated carbocycles. The van der Waals surface area contributed by atoms with Gasteiger partial charge in [0.05, 0.1) is 10.9 Å². The molecule has 86 valence electrons. The van der Waals surface area contributed by atoms with Crippen molar-refractivity contribution in [2.75, 3.05) is 5.73 Å². The fourth-order valence-corrected chi connectivity index (χ4v) is 2.13. The van der Waals surface area contributed by atoms with E-state index in [4.69, 9.17) is 5.73 Å². The Morgan fingerprint density at radius 2 is 1.82 bits per heavy atom. The molecule has 0 atom stereocenters. The number of fused-ring (bicyclic) bond motifs is 2. The van der Waals surface area contributed by atoms with Crippen LogP contribution in [-0.4, -0.2) is 14.8 Å². The Kier molecular flexibility index (Phi) is 1.90. The molecule has 0 saturated heterocycles. The van der Waals surface area contributed by atoms with Gasteiger partial charge in [0.2, 0.25) is 0 Å². The van der Waals surface area contributed by atoms with E-state index in [0.29, 0.717) is 5.82 Å². The van der Waals surface area contributed by atoms with Crippen LogP contribution in [0, 0.1) is 13.8 Å². The van der Waals surface area contributed by atoms with Crippen molar-refractivity contribution in [2.45, 2.75) is 13.8 Å². The average molecular weight is 226 g/mol. The number of benzene rings is 1. The van der Waals surface area contributed by atoms with Gasteiger partial charge in [0.15, 0.2) is 11.5 Å². The fraction of sp³-hybridized carbons (Fsp3) is 0.231. The Hall–Kier alpha value is -2.10. The van der Waals surface area contributed by atoms with Crippen molar-refractivity contribution in [3.8, 4) is 0 Å². The van der Waals surface area contributed by atoms with E-state index in [1.807, 2.05) is 7.05 Å². The standard InChI is InChI=1S/C13H14N4/c1-7-4-9-6-10-12(14)16-17(3)13(10)15-11(9)5-8(7)2/h4-6H,1-3H3,(H2,14,16). The van der Waals surface area contributed by atoms with Crippen LogP contribution >= 0.6 is 0 Å². The lowest BCUT2D eigenvalue weighted by Crippen LogP contribution is -1.93. The van der Waals surface area contributed by atoms with Crippen LogP contribution in [0.15, 0.2) is 18.2 Å². The fourth-order valence-electron chi connectivity index (χ4n) is 2.13. The molecular formula is C13H14N4. The van der Waals surface area contributed by atoms with Crippen molar-refractivity contribution in [1.82, 2.24) is 14.8 Å². The first kappa shape index (κ1) is 10.1. The number of nitrogens with zero attached hydrogens (tertiary/aromatic N) is 3. The maximum atomic E-state index is 5.86. The van der Waals surface area contributed by atoms with Gasteiger partial charge in [-0.05, 0) is 43.2 Å². The second kappa shape index (κ2) is 3.20. The maximum absolute atomic E-state index is 5.86. The van der Waals surface area contributed by atoms with Gasteiger partial charge in [0, 0.05) is 12.4 Å². The van der Waals surface area contributed by atoms with Crippen LogP contribution in [0.5, 0.6) is 0 Å². The number of hydrogen-bond donors (Lipinski definition) is 1. The highest BCUT2D eigenvalue weighted by molar-refractivity contribution is 5.96. The first-order valence-electron chi connectivity index (χ1n) is 5.56. The van der Waals surface area contributed by atoms with Crippen molar-refractivity contribution in [1.29, 1.82) is 0 Å². The molecular weight excluding hydrogens is 212 g/mol. The largest absolute Gasteiger partial charge is 0.382 e. The lowest BCUT2D eigenvalue weighted by atomic mass is 10.1. The molecule has 0 spiro atoms. The third kappa shape index (κ3) is 1.37. The predicted molar refractivity (Wildman–Crippen MR) is 69.9 cm³/mol. The van der Waals surface area contributed by atoms with Crippen molar-refractivity contribution in [3.05, 3.63) is 29.3 Å². The van der Waals surface area contributed by atoms with Gasteiger partial charge in [-0.1, -0.05) is 0 Å². The molecule has 0 unspecified atom stereocenters. The van der Waals surface area contributed by atoms with Crippen LogP contribution < -0.4 is 5.73 Å². The molecule has 0 fully saturated rings. The number of hydrogen-bond acceptors (Lipinski definition) is 3. The molecule has 0 bridgehead atoms. The highest BCUT2D eigenvalue weighted by Crippen LogP contribution is 2.25. The van der Waals surface area contributed by atoms with Crippen LogP contribution in [-0.2, 0) is 7.05 Å². The number of anilines is 1. The average Bonchev–Trinajstić information content (AvgIpc) is 2.54. The second-order valence-electron chi connectivity index (χ2n) is 4.50. The van der Waals surface area contributed by atoms with Crippen LogP contribution in [0.4, 0.5) is 5.82 Å². The minimum atomic E-state index is 0.537. The predicted octanol–water partition coefficient (Wildman–Crippen LogP) is 2.32. The lowest BCUT2D eigenvalue weighted by molar-refractivity contribution is 0.792. The molecule has 17 heavy (non-hydrogen) atoms. The van der Waals surface area contributed by atoms with Crippen LogP contribution in [0.25, 0.3) is 21.9 Å². The minimum Gasteiger partial charge on any atom is -0.382 e. The van der Waals surface area contributed by atoms with Gasteiger partial charge >= 0.3 is 0 Å². The summed E-state index contributed by atoms with van der Waals surface area (Å²) in [5.74, 6) is 0.537. The van der Waals surface area contributed by atoms with E-state index in [-0.39, 0.29) is 0 Å². The van der Waals surface area contributed by atoms with Crippen molar-refractivity contribution < 1.29 is 0 Å². The normalized spacial score (nSPS) is 11.5. The monoisotopic (exact) mass is 226 g/mol. The molecule has 0 radical (unpaired) electrons. The Balaban J connectivity index is 2.50. The van der Waals surface area contributed by atoms with Gasteiger partial charge in [-0.25, -0.2) is 9.67 Å². The molecule has 2 heterocycles. The van der Waals surface area contributed by atoms with E-state index in [9.17, 15) is 0 Å². The summed E-state index contributed by atoms with van der Waals surface area (Å²) in [5.41, 5.74) is 10.2. The number of aromatic nitrogens is 3. The lowest BCUT2D eigenvalue weighted by Gasteiger charge is -2.04. The molecule has 4 heteroatoms. The SMILES string of the molecule is Cc1cc2cc3c(N)nn(C)c3nc2cc1C. The summed E-state index contributed by atoms with van der Waals surface area (Å²) in [7, 11) is 1.86. The topological polar surface area (TPSA) is 56.7 Å². The summed E-state index contributed by atoms with van der Waals surface area (Å²) in [6, 6.07) is 6.31. The van der Waals surface area contributed by atoms with Gasteiger partial charge in [-0.3, -0.25) is 0 Å². The molecule has 3 aromatic rings. The molecule has 3 rings (SSSR count). The Labute approximate surface area is 99.1 Å². The summed E-state index contributed by atoms with van der Waals surface area (Å²) >= 11 is 0. The van der Waals surface area contributed by atoms with E-state index in [2.05, 4.69) is 42.1 Å². The zero-order chi connectivity index (χ0) is 12.2. The van der Waals surface area contributed by atoms with Gasteiger partial charge in [0.25, 0.3) is 0 Å². The van der Waals surface area contributed by atoms with Gasteiger partial charge < -0.3 is 5.73 Å². The highest BCUT2D eigenvalue weighted by Gasteiger charge is 2.09. The molecule has 1 aromatic carbocycles. The molecule has 0 aliphatic carbocycles. The summed E-state index contributed by atoms with van der Waals surface area (Å²) < 4.78 is 1.72. The molecule has 4 nitrogen and oxygen atoms in total. The number of pyridine rings is 1. The Morgan fingerprint density at radius 3 is 2.59 bits per heavy atom. The zero-order valence-corrected chi connectivity index (χ0v) is 10.2. The highest BCUT2D eigenvalue weighted by atomic mass is 15.3. The Morgan fingerprint density at radius 1 is 1.12 bits per heavy atom.